The van der Waals surface area contributed by atoms with Gasteiger partial charge in [-0.15, -0.1) is 0 Å². The SMILES string of the molecule is CN([C@@H]1CCCNC1)S(C)(=O)=O. The minimum Gasteiger partial charge on any atom is -0.315 e. The average Bonchev–Trinajstić information content (AvgIpc) is 2.03. The fourth-order valence-corrected chi connectivity index (χ4v) is 2.14. The molecule has 5 heteroatoms. The molecular formula is C7H16N2O2S. The Hall–Kier alpha value is -0.130. The van der Waals surface area contributed by atoms with Crippen LogP contribution in [0.4, 0.5) is 0 Å². The molecule has 1 atom stereocenters. The van der Waals surface area contributed by atoms with Crippen molar-refractivity contribution >= 4 is 10.0 Å². The highest BCUT2D eigenvalue weighted by molar-refractivity contribution is 7.88. The van der Waals surface area contributed by atoms with Gasteiger partial charge in [-0.25, -0.2) is 12.7 Å². The van der Waals surface area contributed by atoms with Crippen LogP contribution < -0.4 is 5.32 Å². The zero-order valence-corrected chi connectivity index (χ0v) is 8.39. The second kappa shape index (κ2) is 3.72. The lowest BCUT2D eigenvalue weighted by molar-refractivity contribution is 0.301. The molecule has 0 bridgehead atoms. The lowest BCUT2D eigenvalue weighted by Gasteiger charge is -2.29. The van der Waals surface area contributed by atoms with Crippen molar-refractivity contribution in [3.63, 3.8) is 0 Å². The van der Waals surface area contributed by atoms with Crippen LogP contribution in [-0.4, -0.2) is 45.2 Å². The molecule has 0 aromatic rings. The Labute approximate surface area is 74.0 Å². The van der Waals surface area contributed by atoms with Gasteiger partial charge < -0.3 is 5.32 Å². The Morgan fingerprint density at radius 2 is 2.17 bits per heavy atom. The van der Waals surface area contributed by atoms with Crippen LogP contribution in [0.2, 0.25) is 0 Å². The molecule has 0 spiro atoms. The third-order valence-electron chi connectivity index (χ3n) is 2.31. The summed E-state index contributed by atoms with van der Waals surface area (Å²) in [5, 5.41) is 3.18. The monoisotopic (exact) mass is 192 g/mol. The predicted molar refractivity (Wildman–Crippen MR) is 48.5 cm³/mol. The first kappa shape index (κ1) is 9.95. The Kier molecular flexibility index (Phi) is 3.09. The van der Waals surface area contributed by atoms with Crippen LogP contribution in [0.25, 0.3) is 0 Å². The first-order valence-corrected chi connectivity index (χ1v) is 6.00. The van der Waals surface area contributed by atoms with Crippen molar-refractivity contribution in [2.24, 2.45) is 0 Å². The van der Waals surface area contributed by atoms with Crippen molar-refractivity contribution in [1.29, 1.82) is 0 Å². The Bertz CT molecular complexity index is 232. The molecule has 0 aromatic heterocycles. The number of hydrogen-bond acceptors (Lipinski definition) is 3. The molecule has 1 rings (SSSR count). The zero-order valence-electron chi connectivity index (χ0n) is 7.58. The van der Waals surface area contributed by atoms with E-state index < -0.39 is 10.0 Å². The molecule has 1 fully saturated rings. The average molecular weight is 192 g/mol. The van der Waals surface area contributed by atoms with Gasteiger partial charge in [-0.3, -0.25) is 0 Å². The second-order valence-corrected chi connectivity index (χ2v) is 5.32. The van der Waals surface area contributed by atoms with Crippen LogP contribution in [0.3, 0.4) is 0 Å². The van der Waals surface area contributed by atoms with E-state index in [4.69, 9.17) is 0 Å². The quantitative estimate of drug-likeness (QED) is 0.649. The molecule has 1 aliphatic rings. The highest BCUT2D eigenvalue weighted by Gasteiger charge is 2.23. The number of rotatable bonds is 2. The molecule has 12 heavy (non-hydrogen) atoms. The smallest absolute Gasteiger partial charge is 0.211 e. The standard InChI is InChI=1S/C7H16N2O2S/c1-9(12(2,10)11)7-4-3-5-8-6-7/h7-8H,3-6H2,1-2H3/t7-/m1/s1. The van der Waals surface area contributed by atoms with Crippen molar-refractivity contribution < 1.29 is 8.42 Å². The predicted octanol–water partition coefficient (Wildman–Crippen LogP) is -0.370. The Morgan fingerprint density at radius 1 is 1.50 bits per heavy atom. The second-order valence-electron chi connectivity index (χ2n) is 3.28. The molecule has 0 radical (unpaired) electrons. The van der Waals surface area contributed by atoms with Crippen LogP contribution in [-0.2, 0) is 10.0 Å². The van der Waals surface area contributed by atoms with Gasteiger partial charge in [-0.2, -0.15) is 0 Å². The van der Waals surface area contributed by atoms with E-state index in [9.17, 15) is 8.42 Å². The van der Waals surface area contributed by atoms with Gasteiger partial charge in [0.15, 0.2) is 0 Å². The first-order chi connectivity index (χ1) is 5.52. The Balaban J connectivity index is 2.57. The fraction of sp³-hybridized carbons (Fsp3) is 1.00. The summed E-state index contributed by atoms with van der Waals surface area (Å²) in [4.78, 5) is 0. The number of nitrogens with one attached hydrogen (secondary N) is 1. The summed E-state index contributed by atoms with van der Waals surface area (Å²) >= 11 is 0. The maximum absolute atomic E-state index is 11.1. The summed E-state index contributed by atoms with van der Waals surface area (Å²) < 4.78 is 23.7. The van der Waals surface area contributed by atoms with Gasteiger partial charge in [0.25, 0.3) is 0 Å². The summed E-state index contributed by atoms with van der Waals surface area (Å²) in [7, 11) is -1.36. The van der Waals surface area contributed by atoms with Gasteiger partial charge in [-0.05, 0) is 19.4 Å². The lowest BCUT2D eigenvalue weighted by atomic mass is 10.1. The minimum atomic E-state index is -3.01. The van der Waals surface area contributed by atoms with Gasteiger partial charge in [-0.1, -0.05) is 0 Å². The highest BCUT2D eigenvalue weighted by Crippen LogP contribution is 2.10. The fourth-order valence-electron chi connectivity index (χ4n) is 1.41. The number of piperidine rings is 1. The van der Waals surface area contributed by atoms with Gasteiger partial charge in [0.1, 0.15) is 0 Å². The largest absolute Gasteiger partial charge is 0.315 e. The molecule has 0 amide bonds. The van der Waals surface area contributed by atoms with E-state index in [0.717, 1.165) is 25.9 Å². The third-order valence-corrected chi connectivity index (χ3v) is 3.65. The molecule has 72 valence electrons. The third kappa shape index (κ3) is 2.43. The van der Waals surface area contributed by atoms with E-state index in [1.165, 1.54) is 10.6 Å². The van der Waals surface area contributed by atoms with Gasteiger partial charge in [0.2, 0.25) is 10.0 Å². The van der Waals surface area contributed by atoms with Crippen LogP contribution in [0.5, 0.6) is 0 Å². The van der Waals surface area contributed by atoms with Crippen molar-refractivity contribution in [3.05, 3.63) is 0 Å². The van der Waals surface area contributed by atoms with E-state index >= 15 is 0 Å². The normalized spacial score (nSPS) is 26.1. The van der Waals surface area contributed by atoms with Crippen LogP contribution in [0, 0.1) is 0 Å². The number of nitrogens with zero attached hydrogens (tertiary/aromatic N) is 1. The van der Waals surface area contributed by atoms with Gasteiger partial charge in [0, 0.05) is 19.6 Å². The first-order valence-electron chi connectivity index (χ1n) is 4.15. The molecule has 4 nitrogen and oxygen atoms in total. The molecule has 1 saturated heterocycles. The summed E-state index contributed by atoms with van der Waals surface area (Å²) in [6, 6.07) is 0.147. The van der Waals surface area contributed by atoms with Crippen molar-refractivity contribution in [3.8, 4) is 0 Å². The van der Waals surface area contributed by atoms with E-state index in [1.807, 2.05) is 0 Å². The lowest BCUT2D eigenvalue weighted by Crippen LogP contribution is -2.46. The molecule has 1 heterocycles. The maximum atomic E-state index is 11.1. The molecule has 1 aliphatic heterocycles. The van der Waals surface area contributed by atoms with E-state index in [2.05, 4.69) is 5.32 Å². The summed E-state index contributed by atoms with van der Waals surface area (Å²) in [6.07, 6.45) is 3.28. The van der Waals surface area contributed by atoms with E-state index in [-0.39, 0.29) is 6.04 Å². The number of hydrogen-bond donors (Lipinski definition) is 1. The van der Waals surface area contributed by atoms with E-state index in [0.29, 0.717) is 0 Å². The van der Waals surface area contributed by atoms with Crippen LogP contribution >= 0.6 is 0 Å². The topological polar surface area (TPSA) is 49.4 Å². The molecule has 0 aliphatic carbocycles. The van der Waals surface area contributed by atoms with Crippen LogP contribution in [0.15, 0.2) is 0 Å². The highest BCUT2D eigenvalue weighted by atomic mass is 32.2. The zero-order chi connectivity index (χ0) is 9.19. The molecule has 0 unspecified atom stereocenters. The van der Waals surface area contributed by atoms with Crippen molar-refractivity contribution in [1.82, 2.24) is 9.62 Å². The molecule has 1 N–H and O–H groups in total. The number of sulfonamides is 1. The van der Waals surface area contributed by atoms with Gasteiger partial charge >= 0.3 is 0 Å². The summed E-state index contributed by atoms with van der Waals surface area (Å²) in [5.74, 6) is 0. The number of likely N-dealkylation sites (N-methyl/N-ethyl adjacent to an activating group) is 1. The molecule has 0 saturated carbocycles. The summed E-state index contributed by atoms with van der Waals surface area (Å²) in [6.45, 7) is 1.79. The molecular weight excluding hydrogens is 176 g/mol. The summed E-state index contributed by atoms with van der Waals surface area (Å²) in [5.41, 5.74) is 0. The minimum absolute atomic E-state index is 0.147. The van der Waals surface area contributed by atoms with Crippen molar-refractivity contribution in [2.75, 3.05) is 26.4 Å². The maximum Gasteiger partial charge on any atom is 0.211 e. The van der Waals surface area contributed by atoms with Gasteiger partial charge in [0.05, 0.1) is 6.26 Å². The Morgan fingerprint density at radius 3 is 2.58 bits per heavy atom. The van der Waals surface area contributed by atoms with Crippen molar-refractivity contribution in [2.45, 2.75) is 18.9 Å². The van der Waals surface area contributed by atoms with Crippen LogP contribution in [0.1, 0.15) is 12.8 Å². The van der Waals surface area contributed by atoms with E-state index in [1.54, 1.807) is 7.05 Å². The molecule has 0 aromatic carbocycles.